The third-order valence-electron chi connectivity index (χ3n) is 6.05. The van der Waals surface area contributed by atoms with Crippen LogP contribution >= 0.6 is 23.1 Å². The van der Waals surface area contributed by atoms with Gasteiger partial charge in [-0.25, -0.2) is 0 Å². The number of alkyl halides is 3. The van der Waals surface area contributed by atoms with Crippen molar-refractivity contribution in [2.45, 2.75) is 63.9 Å². The molecule has 4 rings (SSSR count). The standard InChI is InChI=1S/C28H30F3N5OS2/c1-16-12-20(13-17(2)25(16)18-6-8-19(9-7-18)28(29,30)31)38-23(14-27(3,4)5)21-10-11-22(39-21)26(37)32-15-24-33-35-36-34-24/h6-13,23H,14-15H2,1-5H3,(H,32,37)(H,33,34,35,36)/t23-/m1/s1. The lowest BCUT2D eigenvalue weighted by Gasteiger charge is -2.25. The molecule has 39 heavy (non-hydrogen) atoms. The van der Waals surface area contributed by atoms with E-state index < -0.39 is 11.7 Å². The van der Waals surface area contributed by atoms with Crippen LogP contribution in [0.4, 0.5) is 13.2 Å². The van der Waals surface area contributed by atoms with Crippen LogP contribution < -0.4 is 5.32 Å². The lowest BCUT2D eigenvalue weighted by molar-refractivity contribution is -0.137. The quantitative estimate of drug-likeness (QED) is 0.211. The van der Waals surface area contributed by atoms with Crippen molar-refractivity contribution in [2.75, 3.05) is 0 Å². The van der Waals surface area contributed by atoms with E-state index in [9.17, 15) is 18.0 Å². The Hall–Kier alpha value is -3.18. The molecule has 0 aliphatic rings. The van der Waals surface area contributed by atoms with Gasteiger partial charge in [-0.3, -0.25) is 4.79 Å². The fourth-order valence-corrected chi connectivity index (χ4v) is 7.14. The zero-order chi connectivity index (χ0) is 28.4. The van der Waals surface area contributed by atoms with Crippen LogP contribution in [-0.2, 0) is 12.7 Å². The van der Waals surface area contributed by atoms with Crippen LogP contribution in [0.5, 0.6) is 0 Å². The second-order valence-corrected chi connectivity index (χ2v) is 13.0. The zero-order valence-corrected chi connectivity index (χ0v) is 23.9. The summed E-state index contributed by atoms with van der Waals surface area (Å²) in [6.07, 6.45) is -3.47. The third kappa shape index (κ3) is 7.48. The Kier molecular flexibility index (Phi) is 8.51. The van der Waals surface area contributed by atoms with E-state index in [1.165, 1.54) is 23.5 Å². The van der Waals surface area contributed by atoms with Crippen molar-refractivity contribution >= 4 is 29.0 Å². The summed E-state index contributed by atoms with van der Waals surface area (Å²) in [6.45, 7) is 10.7. The van der Waals surface area contributed by atoms with Gasteiger partial charge in [-0.1, -0.05) is 38.1 Å². The number of aromatic amines is 1. The summed E-state index contributed by atoms with van der Waals surface area (Å²) in [5, 5.41) is 16.5. The van der Waals surface area contributed by atoms with E-state index in [0.717, 1.165) is 50.6 Å². The fourth-order valence-electron chi connectivity index (χ4n) is 4.35. The number of hydrogen-bond acceptors (Lipinski definition) is 6. The number of nitrogens with zero attached hydrogens (tertiary/aromatic N) is 3. The Morgan fingerprint density at radius 2 is 1.72 bits per heavy atom. The van der Waals surface area contributed by atoms with Gasteiger partial charge in [0, 0.05) is 15.0 Å². The van der Waals surface area contributed by atoms with E-state index in [2.05, 4.69) is 58.8 Å². The van der Waals surface area contributed by atoms with Crippen LogP contribution in [0.25, 0.3) is 11.1 Å². The summed E-state index contributed by atoms with van der Waals surface area (Å²) >= 11 is 3.21. The van der Waals surface area contributed by atoms with Crippen LogP contribution in [0.2, 0.25) is 0 Å². The Bertz CT molecular complexity index is 1400. The van der Waals surface area contributed by atoms with Crippen molar-refractivity contribution in [3.8, 4) is 11.1 Å². The zero-order valence-electron chi connectivity index (χ0n) is 22.3. The predicted molar refractivity (Wildman–Crippen MR) is 149 cm³/mol. The average molecular weight is 574 g/mol. The minimum absolute atomic E-state index is 0.0486. The highest BCUT2D eigenvalue weighted by atomic mass is 32.2. The van der Waals surface area contributed by atoms with Gasteiger partial charge in [0.25, 0.3) is 5.91 Å². The van der Waals surface area contributed by atoms with Gasteiger partial charge in [0.15, 0.2) is 5.82 Å². The Morgan fingerprint density at radius 3 is 2.28 bits per heavy atom. The van der Waals surface area contributed by atoms with Crippen molar-refractivity contribution in [3.63, 3.8) is 0 Å². The predicted octanol–water partition coefficient (Wildman–Crippen LogP) is 7.76. The number of thiophene rings is 1. The van der Waals surface area contributed by atoms with Crippen LogP contribution in [0.1, 0.15) is 69.5 Å². The maximum atomic E-state index is 13.0. The number of carbonyl (C=O) groups excluding carboxylic acids is 1. The molecule has 206 valence electrons. The van der Waals surface area contributed by atoms with Gasteiger partial charge < -0.3 is 5.32 Å². The Morgan fingerprint density at radius 1 is 1.05 bits per heavy atom. The number of tetrazole rings is 1. The summed E-state index contributed by atoms with van der Waals surface area (Å²) in [4.78, 5) is 15.5. The van der Waals surface area contributed by atoms with Crippen LogP contribution in [0.15, 0.2) is 53.4 Å². The van der Waals surface area contributed by atoms with E-state index in [1.807, 2.05) is 26.0 Å². The number of nitrogens with one attached hydrogen (secondary N) is 2. The molecule has 0 radical (unpaired) electrons. The largest absolute Gasteiger partial charge is 0.416 e. The monoisotopic (exact) mass is 573 g/mol. The van der Waals surface area contributed by atoms with Crippen molar-refractivity contribution in [1.29, 1.82) is 0 Å². The normalized spacial score (nSPS) is 12.9. The number of aryl methyl sites for hydroxylation is 2. The number of rotatable bonds is 8. The topological polar surface area (TPSA) is 83.6 Å². The number of hydrogen-bond donors (Lipinski definition) is 2. The maximum Gasteiger partial charge on any atom is 0.416 e. The molecule has 0 unspecified atom stereocenters. The first kappa shape index (κ1) is 28.8. The second-order valence-electron chi connectivity index (χ2n) is 10.6. The molecule has 0 saturated heterocycles. The van der Waals surface area contributed by atoms with Gasteiger partial charge in [0.2, 0.25) is 0 Å². The van der Waals surface area contributed by atoms with Gasteiger partial charge in [-0.15, -0.1) is 33.3 Å². The minimum Gasteiger partial charge on any atom is -0.344 e. The molecule has 4 aromatic rings. The van der Waals surface area contributed by atoms with Gasteiger partial charge in [-0.05, 0) is 84.3 Å². The summed E-state index contributed by atoms with van der Waals surface area (Å²) in [5.74, 6) is 0.218. The Balaban J connectivity index is 1.55. The molecule has 1 amide bonds. The first-order chi connectivity index (χ1) is 18.3. The van der Waals surface area contributed by atoms with Crippen LogP contribution in [0, 0.1) is 19.3 Å². The summed E-state index contributed by atoms with van der Waals surface area (Å²) in [5.41, 5.74) is 3.09. The molecule has 0 fully saturated rings. The molecule has 0 bridgehead atoms. The van der Waals surface area contributed by atoms with E-state index in [4.69, 9.17) is 0 Å². The molecule has 0 aliphatic heterocycles. The molecule has 0 spiro atoms. The van der Waals surface area contributed by atoms with E-state index in [-0.39, 0.29) is 23.1 Å². The minimum atomic E-state index is -4.36. The molecular formula is C28H30F3N5OS2. The number of benzene rings is 2. The third-order valence-corrected chi connectivity index (χ3v) is 8.61. The highest BCUT2D eigenvalue weighted by Gasteiger charge is 2.30. The lowest BCUT2D eigenvalue weighted by Crippen LogP contribution is -2.22. The van der Waals surface area contributed by atoms with Crippen LogP contribution in [0.3, 0.4) is 0 Å². The SMILES string of the molecule is Cc1cc(S[C@H](CC(C)(C)C)c2ccc(C(=O)NCc3nn[nH]n3)s2)cc(C)c1-c1ccc(C(F)(F)F)cc1. The molecule has 2 heterocycles. The van der Waals surface area contributed by atoms with Gasteiger partial charge >= 0.3 is 6.18 Å². The molecule has 2 aromatic heterocycles. The summed E-state index contributed by atoms with van der Waals surface area (Å²) < 4.78 is 39.1. The fraction of sp³-hybridized carbons (Fsp3) is 0.357. The highest BCUT2D eigenvalue weighted by molar-refractivity contribution is 7.99. The van der Waals surface area contributed by atoms with Crippen molar-refractivity contribution < 1.29 is 18.0 Å². The molecular weight excluding hydrogens is 543 g/mol. The lowest BCUT2D eigenvalue weighted by atomic mass is 9.90. The first-order valence-corrected chi connectivity index (χ1v) is 14.1. The van der Waals surface area contributed by atoms with E-state index in [1.54, 1.807) is 11.8 Å². The number of aromatic nitrogens is 4. The van der Waals surface area contributed by atoms with E-state index in [0.29, 0.717) is 10.7 Å². The molecule has 2 N–H and O–H groups in total. The molecule has 11 heteroatoms. The van der Waals surface area contributed by atoms with Gasteiger partial charge in [0.05, 0.1) is 17.0 Å². The van der Waals surface area contributed by atoms with Crippen molar-refractivity contribution in [1.82, 2.24) is 25.9 Å². The summed E-state index contributed by atoms with van der Waals surface area (Å²) in [7, 11) is 0. The average Bonchev–Trinajstić information content (AvgIpc) is 3.53. The highest BCUT2D eigenvalue weighted by Crippen LogP contribution is 2.46. The molecule has 6 nitrogen and oxygen atoms in total. The summed E-state index contributed by atoms with van der Waals surface area (Å²) in [6, 6.07) is 13.3. The molecule has 2 aromatic carbocycles. The molecule has 1 atom stereocenters. The maximum absolute atomic E-state index is 13.0. The number of amides is 1. The number of carbonyl (C=O) groups is 1. The Labute approximate surface area is 233 Å². The first-order valence-electron chi connectivity index (χ1n) is 12.4. The van der Waals surface area contributed by atoms with Crippen molar-refractivity contribution in [3.05, 3.63) is 80.8 Å². The van der Waals surface area contributed by atoms with E-state index >= 15 is 0 Å². The molecule has 0 saturated carbocycles. The van der Waals surface area contributed by atoms with Crippen molar-refractivity contribution in [2.24, 2.45) is 5.41 Å². The smallest absolute Gasteiger partial charge is 0.344 e. The second kappa shape index (κ2) is 11.5. The number of thioether (sulfide) groups is 1. The van der Waals surface area contributed by atoms with Gasteiger partial charge in [-0.2, -0.15) is 18.4 Å². The van der Waals surface area contributed by atoms with Crippen LogP contribution in [-0.4, -0.2) is 26.5 Å². The van der Waals surface area contributed by atoms with Gasteiger partial charge in [0.1, 0.15) is 0 Å². The molecule has 0 aliphatic carbocycles. The number of halogens is 3. The number of H-pyrrole nitrogens is 1.